The summed E-state index contributed by atoms with van der Waals surface area (Å²) in [4.78, 5) is 30.1. The third kappa shape index (κ3) is 14.9. The first-order valence-electron chi connectivity index (χ1n) is 17.0. The summed E-state index contributed by atoms with van der Waals surface area (Å²) in [5, 5.41) is 10.4. The van der Waals surface area contributed by atoms with Crippen LogP contribution in [0.3, 0.4) is 0 Å². The van der Waals surface area contributed by atoms with E-state index in [0.29, 0.717) is 35.4 Å². The minimum Gasteiger partial charge on any atom is -0.376 e. The number of H-pyrrole nitrogens is 1. The number of aromatic amines is 1. The van der Waals surface area contributed by atoms with Crippen LogP contribution >= 0.6 is 15.9 Å². The summed E-state index contributed by atoms with van der Waals surface area (Å²) >= 11 is 3.48. The molecule has 0 saturated heterocycles. The number of allylic oxidation sites excluding steroid dienone is 1. The van der Waals surface area contributed by atoms with Crippen LogP contribution in [-0.4, -0.2) is 68.1 Å². The Balaban J connectivity index is 0.000000803. The van der Waals surface area contributed by atoms with Gasteiger partial charge in [-0.05, 0) is 61.1 Å². The van der Waals surface area contributed by atoms with E-state index in [2.05, 4.69) is 82.2 Å². The Labute approximate surface area is 294 Å². The number of nitrogens with zero attached hydrogens (tertiary/aromatic N) is 4. The Hall–Kier alpha value is -3.43. The fourth-order valence-corrected chi connectivity index (χ4v) is 4.73. The molecule has 0 fully saturated rings. The van der Waals surface area contributed by atoms with Crippen LogP contribution < -0.4 is 15.1 Å². The van der Waals surface area contributed by atoms with Gasteiger partial charge < -0.3 is 20.0 Å². The van der Waals surface area contributed by atoms with Gasteiger partial charge in [0.1, 0.15) is 5.69 Å². The van der Waals surface area contributed by atoms with Crippen LogP contribution in [0.5, 0.6) is 0 Å². The van der Waals surface area contributed by atoms with E-state index >= 15 is 0 Å². The molecule has 8 nitrogen and oxygen atoms in total. The van der Waals surface area contributed by atoms with Crippen LogP contribution in [0, 0.1) is 6.92 Å². The zero-order chi connectivity index (χ0) is 35.9. The van der Waals surface area contributed by atoms with Crippen LogP contribution in [0.2, 0.25) is 0 Å². The van der Waals surface area contributed by atoms with Gasteiger partial charge in [0.05, 0.1) is 15.8 Å². The van der Waals surface area contributed by atoms with E-state index in [0.717, 1.165) is 42.0 Å². The van der Waals surface area contributed by atoms with Crippen molar-refractivity contribution in [2.24, 2.45) is 0 Å². The normalized spacial score (nSPS) is 10.5. The molecule has 1 aromatic heterocycles. The molecule has 9 heteroatoms. The van der Waals surface area contributed by atoms with Crippen molar-refractivity contribution in [1.29, 1.82) is 0 Å². The molecule has 0 atom stereocenters. The average Bonchev–Trinajstić information content (AvgIpc) is 3.43. The molecule has 262 valence electrons. The Kier molecular flexibility index (Phi) is 22.9. The molecular weight excluding hydrogens is 652 g/mol. The summed E-state index contributed by atoms with van der Waals surface area (Å²) in [6, 6.07) is 16.3. The number of carbonyl (C=O) groups excluding carboxylic acids is 2. The summed E-state index contributed by atoms with van der Waals surface area (Å²) in [6.07, 6.45) is 6.42. The average molecular weight is 714 g/mol. The van der Waals surface area contributed by atoms with Crippen molar-refractivity contribution in [3.63, 3.8) is 0 Å². The molecule has 3 rings (SSSR count). The second-order valence-corrected chi connectivity index (χ2v) is 12.0. The Morgan fingerprint density at radius 3 is 1.96 bits per heavy atom. The summed E-state index contributed by atoms with van der Waals surface area (Å²) in [5.41, 5.74) is 5.91. The van der Waals surface area contributed by atoms with Gasteiger partial charge in [0.15, 0.2) is 11.6 Å². The smallest absolute Gasteiger partial charge is 0.226 e. The highest BCUT2D eigenvalue weighted by molar-refractivity contribution is 9.10. The number of hydrogen-bond donors (Lipinski definition) is 2. The molecule has 0 radical (unpaired) electrons. The molecule has 0 aliphatic carbocycles. The quantitative estimate of drug-likeness (QED) is 0.172. The summed E-state index contributed by atoms with van der Waals surface area (Å²) in [7, 11) is 8.04. The predicted octanol–water partition coefficient (Wildman–Crippen LogP) is 9.83. The topological polar surface area (TPSA) is 84.6 Å². The van der Waals surface area contributed by atoms with Crippen LogP contribution in [0.4, 0.5) is 17.2 Å². The van der Waals surface area contributed by atoms with E-state index in [4.69, 9.17) is 0 Å². The number of hydrogen-bond acceptors (Lipinski definition) is 6. The monoisotopic (exact) mass is 712 g/mol. The van der Waals surface area contributed by atoms with Gasteiger partial charge >= 0.3 is 0 Å². The van der Waals surface area contributed by atoms with Gasteiger partial charge in [-0.2, -0.15) is 5.10 Å². The van der Waals surface area contributed by atoms with Gasteiger partial charge in [-0.3, -0.25) is 14.7 Å². The molecule has 0 saturated carbocycles. The fraction of sp³-hybridized carbons (Fsp3) is 0.500. The van der Waals surface area contributed by atoms with Crippen molar-refractivity contribution in [1.82, 2.24) is 15.1 Å². The number of unbranched alkanes of at least 4 members (excludes halogenated alkanes) is 1. The maximum atomic E-state index is 12.2. The number of Topliss-reactive ketones (excluding diaryl/α,β-unsaturated/α-hetero) is 1. The van der Waals surface area contributed by atoms with Gasteiger partial charge in [-0.1, -0.05) is 104 Å². The van der Waals surface area contributed by atoms with E-state index in [1.54, 1.807) is 0 Å². The third-order valence-electron chi connectivity index (χ3n) is 6.66. The van der Waals surface area contributed by atoms with E-state index in [9.17, 15) is 9.59 Å². The Morgan fingerprint density at radius 1 is 0.872 bits per heavy atom. The lowest BCUT2D eigenvalue weighted by molar-refractivity contribution is -0.118. The number of ketones is 1. The number of benzene rings is 2. The number of anilines is 3. The number of rotatable bonds is 13. The van der Waals surface area contributed by atoms with Crippen LogP contribution in [0.25, 0.3) is 5.70 Å². The Bertz CT molecular complexity index is 1350. The molecule has 0 unspecified atom stereocenters. The molecule has 1 amide bonds. The standard InChI is InChI=1S/C18H22BrN3O.C15H25N3O.C3H8.C2H6/c1-4-6-11-14(13-10-8-7-9-12(13)3)20-18-16(19)17(21-22-18)15(23)5-2;1-6-15(19)18(12-11-16(2)3)14-10-8-7-9-13(14)17(4)5;1-3-2;1-2/h7-11H,4-6H2,1-3H3,(H2,20,21,22);7-10H,6,11-12H2,1-5H3;3H2,1-2H3;1-2H3. The number of likely N-dealkylation sites (N-methyl/N-ethyl adjacent to an activating group) is 1. The fourth-order valence-electron chi connectivity index (χ4n) is 4.23. The largest absolute Gasteiger partial charge is 0.376 e. The number of halogens is 1. The Morgan fingerprint density at radius 2 is 1.45 bits per heavy atom. The number of carbonyl (C=O) groups is 2. The maximum Gasteiger partial charge on any atom is 0.226 e. The SMILES string of the molecule is CC.CCC.CCC(=O)N(CCN(C)C)c1ccccc1N(C)C.CCCC=C(Nc1n[nH]c(C(=O)CC)c1Br)c1ccccc1C. The van der Waals surface area contributed by atoms with E-state index in [-0.39, 0.29) is 11.7 Å². The zero-order valence-corrected chi connectivity index (χ0v) is 32.7. The lowest BCUT2D eigenvalue weighted by Gasteiger charge is -2.28. The van der Waals surface area contributed by atoms with Crippen molar-refractivity contribution >= 4 is 50.5 Å². The van der Waals surface area contributed by atoms with E-state index in [1.165, 1.54) is 12.0 Å². The molecule has 2 aromatic carbocycles. The maximum absolute atomic E-state index is 12.2. The van der Waals surface area contributed by atoms with Gasteiger partial charge in [-0.25, -0.2) is 0 Å². The van der Waals surface area contributed by atoms with Crippen LogP contribution in [0.1, 0.15) is 102 Å². The molecule has 2 N–H and O–H groups in total. The van der Waals surface area contributed by atoms with Crippen LogP contribution in [0.15, 0.2) is 59.1 Å². The first-order valence-corrected chi connectivity index (χ1v) is 17.8. The summed E-state index contributed by atoms with van der Waals surface area (Å²) in [5.74, 6) is 0.830. The van der Waals surface area contributed by atoms with Gasteiger partial charge in [-0.15, -0.1) is 0 Å². The highest BCUT2D eigenvalue weighted by atomic mass is 79.9. The molecule has 0 aliphatic heterocycles. The first kappa shape index (κ1) is 43.6. The first-order chi connectivity index (χ1) is 22.5. The van der Waals surface area contributed by atoms with Gasteiger partial charge in [0.25, 0.3) is 0 Å². The van der Waals surface area contributed by atoms with Crippen molar-refractivity contribution in [3.05, 3.63) is 75.9 Å². The van der Waals surface area contributed by atoms with Crippen molar-refractivity contribution in [2.45, 2.75) is 87.5 Å². The van der Waals surface area contributed by atoms with Gasteiger partial charge in [0, 0.05) is 51.3 Å². The number of aryl methyl sites for hydroxylation is 1. The molecule has 3 aromatic rings. The van der Waals surface area contributed by atoms with E-state index in [1.807, 2.05) is 102 Å². The number of nitrogens with one attached hydrogen (secondary N) is 2. The number of para-hydroxylation sites is 2. The lowest BCUT2D eigenvalue weighted by atomic mass is 10.0. The second-order valence-electron chi connectivity index (χ2n) is 11.2. The number of aromatic nitrogens is 2. The van der Waals surface area contributed by atoms with Gasteiger partial charge in [0.2, 0.25) is 5.91 Å². The molecule has 0 bridgehead atoms. The minimum absolute atomic E-state index is 0.0346. The van der Waals surface area contributed by atoms with Crippen LogP contribution in [-0.2, 0) is 4.79 Å². The summed E-state index contributed by atoms with van der Waals surface area (Å²) in [6.45, 7) is 17.8. The van der Waals surface area contributed by atoms with Crippen molar-refractivity contribution < 1.29 is 9.59 Å². The minimum atomic E-state index is 0.0346. The zero-order valence-electron chi connectivity index (χ0n) is 31.1. The molecule has 0 spiro atoms. The third-order valence-corrected chi connectivity index (χ3v) is 7.43. The summed E-state index contributed by atoms with van der Waals surface area (Å²) < 4.78 is 0.681. The molecule has 0 aliphatic rings. The molecule has 47 heavy (non-hydrogen) atoms. The van der Waals surface area contributed by atoms with E-state index < -0.39 is 0 Å². The second kappa shape index (κ2) is 24.7. The molecule has 1 heterocycles. The molecular formula is C38H61BrN6O2. The van der Waals surface area contributed by atoms with Crippen molar-refractivity contribution in [2.75, 3.05) is 56.4 Å². The predicted molar refractivity (Wildman–Crippen MR) is 208 cm³/mol. The highest BCUT2D eigenvalue weighted by Gasteiger charge is 2.19. The lowest BCUT2D eigenvalue weighted by Crippen LogP contribution is -2.37. The highest BCUT2D eigenvalue weighted by Crippen LogP contribution is 2.30. The van der Waals surface area contributed by atoms with Crippen molar-refractivity contribution in [3.8, 4) is 0 Å². The number of amides is 1.